The maximum Gasteiger partial charge on any atom is 0.269 e. The minimum atomic E-state index is -0.384. The molecule has 1 unspecified atom stereocenters. The van der Waals surface area contributed by atoms with E-state index in [1.54, 1.807) is 24.3 Å². The molecule has 3 aromatic rings. The molecule has 1 aromatic heterocycles. The first-order valence-electron chi connectivity index (χ1n) is 8.75. The number of nitrogens with zero attached hydrogens (tertiary/aromatic N) is 3. The van der Waals surface area contributed by atoms with Gasteiger partial charge in [0.2, 0.25) is 0 Å². The van der Waals surface area contributed by atoms with Crippen molar-refractivity contribution in [2.75, 3.05) is 11.9 Å². The Kier molecular flexibility index (Phi) is 5.15. The Bertz CT molecular complexity index is 1020. The van der Waals surface area contributed by atoms with Crippen molar-refractivity contribution in [3.8, 4) is 0 Å². The quantitative estimate of drug-likeness (QED) is 0.342. The van der Waals surface area contributed by atoms with Gasteiger partial charge in [0.15, 0.2) is 5.11 Å². The van der Waals surface area contributed by atoms with Crippen LogP contribution in [0.2, 0.25) is 0 Å². The fourth-order valence-corrected chi connectivity index (χ4v) is 4.04. The number of hydrogen-bond donors (Lipinski definition) is 1. The van der Waals surface area contributed by atoms with Crippen LogP contribution in [0.1, 0.15) is 17.3 Å². The first kappa shape index (κ1) is 18.6. The monoisotopic (exact) mass is 456 g/mol. The molecule has 4 rings (SSSR count). The normalized spacial score (nSPS) is 15.8. The molecular formula is C20H17BrN4O2S. The van der Waals surface area contributed by atoms with Crippen molar-refractivity contribution in [2.45, 2.75) is 12.6 Å². The molecule has 0 saturated heterocycles. The van der Waals surface area contributed by atoms with E-state index in [1.807, 2.05) is 30.3 Å². The van der Waals surface area contributed by atoms with Crippen LogP contribution in [0.15, 0.2) is 71.3 Å². The topological polar surface area (TPSA) is 63.3 Å². The zero-order valence-corrected chi connectivity index (χ0v) is 17.2. The number of hydrogen-bond acceptors (Lipinski definition) is 3. The van der Waals surface area contributed by atoms with E-state index in [4.69, 9.17) is 12.2 Å². The fraction of sp³-hybridized carbons (Fsp3) is 0.150. The summed E-state index contributed by atoms with van der Waals surface area (Å²) >= 11 is 9.16. The van der Waals surface area contributed by atoms with Gasteiger partial charge in [0, 0.05) is 47.3 Å². The molecule has 0 bridgehead atoms. The Labute approximate surface area is 176 Å². The van der Waals surface area contributed by atoms with Gasteiger partial charge in [0.1, 0.15) is 0 Å². The highest BCUT2D eigenvalue weighted by Gasteiger charge is 2.30. The van der Waals surface area contributed by atoms with E-state index in [2.05, 4.69) is 43.0 Å². The number of halogens is 1. The predicted molar refractivity (Wildman–Crippen MR) is 116 cm³/mol. The number of rotatable bonds is 3. The highest BCUT2D eigenvalue weighted by Crippen LogP contribution is 2.33. The van der Waals surface area contributed by atoms with Crippen molar-refractivity contribution in [1.82, 2.24) is 9.47 Å². The van der Waals surface area contributed by atoms with Crippen molar-refractivity contribution in [3.05, 3.63) is 92.7 Å². The van der Waals surface area contributed by atoms with Crippen molar-refractivity contribution >= 4 is 44.6 Å². The molecule has 142 valence electrons. The Balaban J connectivity index is 1.66. The number of nitro groups is 1. The summed E-state index contributed by atoms with van der Waals surface area (Å²) < 4.78 is 3.20. The van der Waals surface area contributed by atoms with E-state index in [0.29, 0.717) is 5.11 Å². The van der Waals surface area contributed by atoms with Crippen molar-refractivity contribution in [1.29, 1.82) is 0 Å². The molecule has 1 atom stereocenters. The van der Waals surface area contributed by atoms with Gasteiger partial charge < -0.3 is 14.8 Å². The van der Waals surface area contributed by atoms with Gasteiger partial charge in [-0.05, 0) is 66.3 Å². The summed E-state index contributed by atoms with van der Waals surface area (Å²) in [6, 6.07) is 18.5. The van der Waals surface area contributed by atoms with Crippen LogP contribution in [0, 0.1) is 10.1 Å². The predicted octanol–water partition coefficient (Wildman–Crippen LogP) is 4.96. The average molecular weight is 457 g/mol. The van der Waals surface area contributed by atoms with E-state index >= 15 is 0 Å². The molecule has 0 aliphatic carbocycles. The minimum Gasteiger partial charge on any atom is -0.348 e. The van der Waals surface area contributed by atoms with Gasteiger partial charge in [-0.1, -0.05) is 15.9 Å². The van der Waals surface area contributed by atoms with Crippen LogP contribution in [-0.4, -0.2) is 26.0 Å². The third kappa shape index (κ3) is 3.65. The zero-order chi connectivity index (χ0) is 19.7. The molecule has 2 heterocycles. The number of non-ortho nitro benzene ring substituents is 1. The molecule has 0 fully saturated rings. The highest BCUT2D eigenvalue weighted by atomic mass is 79.9. The zero-order valence-electron chi connectivity index (χ0n) is 14.8. The van der Waals surface area contributed by atoms with Gasteiger partial charge in [-0.2, -0.15) is 0 Å². The number of nitro benzene ring substituents is 1. The summed E-state index contributed by atoms with van der Waals surface area (Å²) in [5, 5.41) is 14.9. The van der Waals surface area contributed by atoms with Crippen molar-refractivity contribution in [2.24, 2.45) is 0 Å². The Morgan fingerprint density at radius 3 is 2.50 bits per heavy atom. The van der Waals surface area contributed by atoms with Gasteiger partial charge in [-0.25, -0.2) is 0 Å². The number of thiocarbonyl (C=S) groups is 1. The van der Waals surface area contributed by atoms with Crippen LogP contribution in [-0.2, 0) is 6.54 Å². The molecule has 8 heteroatoms. The Hall–Kier alpha value is -2.71. The average Bonchev–Trinajstić information content (AvgIpc) is 3.18. The Morgan fingerprint density at radius 2 is 1.82 bits per heavy atom. The molecule has 1 N–H and O–H groups in total. The van der Waals surface area contributed by atoms with E-state index in [0.717, 1.165) is 34.5 Å². The van der Waals surface area contributed by atoms with Crippen LogP contribution < -0.4 is 5.32 Å². The van der Waals surface area contributed by atoms with Gasteiger partial charge >= 0.3 is 0 Å². The smallest absolute Gasteiger partial charge is 0.269 e. The van der Waals surface area contributed by atoms with Crippen LogP contribution in [0.5, 0.6) is 0 Å². The molecule has 28 heavy (non-hydrogen) atoms. The molecule has 1 aliphatic heterocycles. The van der Waals surface area contributed by atoms with Crippen LogP contribution >= 0.6 is 28.1 Å². The van der Waals surface area contributed by atoms with Gasteiger partial charge in [-0.3, -0.25) is 10.1 Å². The lowest BCUT2D eigenvalue weighted by Crippen LogP contribution is -2.44. The number of anilines is 1. The van der Waals surface area contributed by atoms with Gasteiger partial charge in [0.25, 0.3) is 5.69 Å². The molecule has 0 saturated carbocycles. The SMILES string of the molecule is O=[N+]([O-])c1ccc(C2c3cccn3CCN2C(=S)Nc2ccc(Br)cc2)cc1. The van der Waals surface area contributed by atoms with Crippen LogP contribution in [0.4, 0.5) is 11.4 Å². The summed E-state index contributed by atoms with van der Waals surface area (Å²) in [5.74, 6) is 0. The standard InChI is InChI=1S/C20H17BrN4O2S/c21-15-5-7-16(8-6-15)22-20(28)24-13-12-23-11-1-2-18(23)19(24)14-3-9-17(10-4-14)25(26)27/h1-11,19H,12-13H2,(H,22,28). The largest absolute Gasteiger partial charge is 0.348 e. The minimum absolute atomic E-state index is 0.0806. The first-order chi connectivity index (χ1) is 13.5. The first-order valence-corrected chi connectivity index (χ1v) is 9.95. The molecule has 2 aromatic carbocycles. The number of nitrogens with one attached hydrogen (secondary N) is 1. The van der Waals surface area contributed by atoms with E-state index < -0.39 is 0 Å². The van der Waals surface area contributed by atoms with E-state index in [-0.39, 0.29) is 16.7 Å². The van der Waals surface area contributed by atoms with E-state index in [1.165, 1.54) is 0 Å². The number of aromatic nitrogens is 1. The fourth-order valence-electron chi connectivity index (χ4n) is 3.46. The Morgan fingerprint density at radius 1 is 1.11 bits per heavy atom. The molecule has 0 spiro atoms. The summed E-state index contributed by atoms with van der Waals surface area (Å²) in [6.45, 7) is 1.57. The van der Waals surface area contributed by atoms with E-state index in [9.17, 15) is 10.1 Å². The summed E-state index contributed by atoms with van der Waals surface area (Å²) in [5.41, 5.74) is 3.07. The third-order valence-corrected chi connectivity index (χ3v) is 5.68. The second kappa shape index (κ2) is 7.73. The molecule has 0 radical (unpaired) electrons. The van der Waals surface area contributed by atoms with Gasteiger partial charge in [-0.15, -0.1) is 0 Å². The molecule has 1 aliphatic rings. The highest BCUT2D eigenvalue weighted by molar-refractivity contribution is 9.10. The van der Waals surface area contributed by atoms with Crippen molar-refractivity contribution in [3.63, 3.8) is 0 Å². The van der Waals surface area contributed by atoms with Gasteiger partial charge in [0.05, 0.1) is 11.0 Å². The third-order valence-electron chi connectivity index (χ3n) is 4.81. The number of fused-ring (bicyclic) bond motifs is 1. The number of benzene rings is 2. The van der Waals surface area contributed by atoms with Crippen molar-refractivity contribution < 1.29 is 4.92 Å². The molecule has 0 amide bonds. The maximum atomic E-state index is 11.0. The summed E-state index contributed by atoms with van der Waals surface area (Å²) in [7, 11) is 0. The molecule has 6 nitrogen and oxygen atoms in total. The summed E-state index contributed by atoms with van der Waals surface area (Å²) in [6.07, 6.45) is 2.05. The molecular weight excluding hydrogens is 440 g/mol. The van der Waals surface area contributed by atoms with Crippen LogP contribution in [0.25, 0.3) is 0 Å². The van der Waals surface area contributed by atoms with Crippen LogP contribution in [0.3, 0.4) is 0 Å². The lowest BCUT2D eigenvalue weighted by Gasteiger charge is -2.39. The second-order valence-electron chi connectivity index (χ2n) is 6.51. The lowest BCUT2D eigenvalue weighted by molar-refractivity contribution is -0.384. The second-order valence-corrected chi connectivity index (χ2v) is 7.81. The summed E-state index contributed by atoms with van der Waals surface area (Å²) in [4.78, 5) is 12.8. The maximum absolute atomic E-state index is 11.0. The lowest BCUT2D eigenvalue weighted by atomic mass is 10.00.